The summed E-state index contributed by atoms with van der Waals surface area (Å²) in [6.07, 6.45) is 1.60. The zero-order valence-corrected chi connectivity index (χ0v) is 13.5. The molecule has 2 aromatic rings. The van der Waals surface area contributed by atoms with Gasteiger partial charge in [-0.1, -0.05) is 0 Å². The molecule has 0 saturated heterocycles. The van der Waals surface area contributed by atoms with Gasteiger partial charge in [0.2, 0.25) is 0 Å². The molecular weight excluding hydrogens is 384 g/mol. The largest absolute Gasteiger partial charge is 0.345 e. The lowest BCUT2D eigenvalue weighted by atomic mass is 10.3. The van der Waals surface area contributed by atoms with Crippen molar-refractivity contribution in [1.29, 1.82) is 0 Å². The Hall–Kier alpha value is -1.78. The smallest absolute Gasteiger partial charge is 0.282 e. The first kappa shape index (κ1) is 16.6. The number of rotatable bonds is 4. The van der Waals surface area contributed by atoms with Gasteiger partial charge < -0.3 is 4.57 Å². The lowest BCUT2D eigenvalue weighted by molar-refractivity contribution is 0.0937. The number of hydrogen-bond donors (Lipinski definition) is 2. The number of hydrazine groups is 1. The van der Waals surface area contributed by atoms with Crippen molar-refractivity contribution < 1.29 is 22.0 Å². The van der Waals surface area contributed by atoms with Crippen molar-refractivity contribution in [2.24, 2.45) is 7.05 Å². The third kappa shape index (κ3) is 3.51. The van der Waals surface area contributed by atoms with Crippen LogP contribution in [0, 0.1) is 11.6 Å². The van der Waals surface area contributed by atoms with Gasteiger partial charge in [-0.3, -0.25) is 10.2 Å². The topological polar surface area (TPSA) is 80.2 Å². The predicted octanol–water partition coefficient (Wildman–Crippen LogP) is 1.69. The Morgan fingerprint density at radius 3 is 2.50 bits per heavy atom. The van der Waals surface area contributed by atoms with Crippen LogP contribution in [0.2, 0.25) is 0 Å². The summed E-state index contributed by atoms with van der Waals surface area (Å²) in [5, 5.41) is 0. The Labute approximate surface area is 133 Å². The maximum atomic E-state index is 13.5. The van der Waals surface area contributed by atoms with E-state index in [0.717, 1.165) is 12.1 Å². The first-order chi connectivity index (χ1) is 10.2. The van der Waals surface area contributed by atoms with Gasteiger partial charge in [0.15, 0.2) is 0 Å². The molecule has 118 valence electrons. The summed E-state index contributed by atoms with van der Waals surface area (Å²) >= 11 is 3.17. The summed E-state index contributed by atoms with van der Waals surface area (Å²) in [6.45, 7) is 0. The first-order valence-corrected chi connectivity index (χ1v) is 8.07. The second-order valence-corrected chi connectivity index (χ2v) is 6.86. The number of carbonyl (C=O) groups excluding carboxylic acids is 1. The average molecular weight is 394 g/mol. The van der Waals surface area contributed by atoms with Crippen LogP contribution in [0.4, 0.5) is 8.78 Å². The van der Waals surface area contributed by atoms with Crippen LogP contribution in [-0.2, 0) is 17.1 Å². The van der Waals surface area contributed by atoms with Gasteiger partial charge in [0, 0.05) is 23.8 Å². The Balaban J connectivity index is 2.16. The summed E-state index contributed by atoms with van der Waals surface area (Å²) in [4.78, 5) is 12.8. The number of aryl methyl sites for hydroxylation is 1. The lowest BCUT2D eigenvalue weighted by Gasteiger charge is -2.09. The number of aromatic nitrogens is 1. The summed E-state index contributed by atoms with van der Waals surface area (Å²) < 4.78 is 52.1. The number of amides is 1. The highest BCUT2D eigenvalue weighted by Crippen LogP contribution is 2.15. The van der Waals surface area contributed by atoms with E-state index in [-0.39, 0.29) is 5.69 Å². The maximum Gasteiger partial charge on any atom is 0.282 e. The van der Waals surface area contributed by atoms with E-state index < -0.39 is 32.5 Å². The number of sulfonamides is 1. The van der Waals surface area contributed by atoms with E-state index in [4.69, 9.17) is 0 Å². The van der Waals surface area contributed by atoms with Crippen LogP contribution < -0.4 is 10.3 Å². The van der Waals surface area contributed by atoms with Crippen molar-refractivity contribution in [1.82, 2.24) is 14.8 Å². The van der Waals surface area contributed by atoms with E-state index in [1.165, 1.54) is 10.6 Å². The van der Waals surface area contributed by atoms with Gasteiger partial charge in [-0.25, -0.2) is 17.2 Å². The quantitative estimate of drug-likeness (QED) is 0.775. The summed E-state index contributed by atoms with van der Waals surface area (Å²) in [5.41, 5.74) is 2.13. The van der Waals surface area contributed by atoms with E-state index in [2.05, 4.69) is 15.9 Å². The highest BCUT2D eigenvalue weighted by molar-refractivity contribution is 9.10. The molecule has 0 bridgehead atoms. The van der Waals surface area contributed by atoms with Gasteiger partial charge in [0.25, 0.3) is 15.9 Å². The van der Waals surface area contributed by atoms with Gasteiger partial charge in [0.1, 0.15) is 22.2 Å². The molecule has 0 atom stereocenters. The van der Waals surface area contributed by atoms with Crippen molar-refractivity contribution >= 4 is 31.9 Å². The van der Waals surface area contributed by atoms with Gasteiger partial charge in [-0.15, -0.1) is 4.83 Å². The van der Waals surface area contributed by atoms with Crippen LogP contribution >= 0.6 is 15.9 Å². The fourth-order valence-corrected chi connectivity index (χ4v) is 3.10. The van der Waals surface area contributed by atoms with E-state index in [1.807, 2.05) is 5.43 Å². The Morgan fingerprint density at radius 1 is 1.27 bits per heavy atom. The minimum atomic E-state index is -4.36. The van der Waals surface area contributed by atoms with Crippen LogP contribution in [0.3, 0.4) is 0 Å². The van der Waals surface area contributed by atoms with Crippen molar-refractivity contribution in [3.63, 3.8) is 0 Å². The number of benzene rings is 1. The van der Waals surface area contributed by atoms with Gasteiger partial charge in [0.05, 0.1) is 0 Å². The molecule has 1 aromatic carbocycles. The molecule has 1 aromatic heterocycles. The lowest BCUT2D eigenvalue weighted by Crippen LogP contribution is -2.42. The second-order valence-electron chi connectivity index (χ2n) is 4.29. The molecule has 0 aliphatic carbocycles. The van der Waals surface area contributed by atoms with Crippen molar-refractivity contribution in [2.45, 2.75) is 4.90 Å². The number of carbonyl (C=O) groups is 1. The first-order valence-electron chi connectivity index (χ1n) is 5.80. The number of halogens is 3. The monoisotopic (exact) mass is 393 g/mol. The number of hydrogen-bond acceptors (Lipinski definition) is 3. The molecule has 22 heavy (non-hydrogen) atoms. The number of nitrogens with one attached hydrogen (secondary N) is 2. The molecule has 0 radical (unpaired) electrons. The van der Waals surface area contributed by atoms with Crippen LogP contribution in [0.1, 0.15) is 10.5 Å². The third-order valence-electron chi connectivity index (χ3n) is 2.69. The Bertz CT molecular complexity index is 836. The van der Waals surface area contributed by atoms with E-state index in [9.17, 15) is 22.0 Å². The van der Waals surface area contributed by atoms with E-state index in [0.29, 0.717) is 10.5 Å². The SMILES string of the molecule is Cn1cc(Br)cc1C(=O)NNS(=O)(=O)c1ccc(F)cc1F. The zero-order valence-electron chi connectivity index (χ0n) is 11.1. The maximum absolute atomic E-state index is 13.5. The second kappa shape index (κ2) is 6.15. The zero-order chi connectivity index (χ0) is 16.5. The Kier molecular flexibility index (Phi) is 4.63. The van der Waals surface area contributed by atoms with Crippen LogP contribution in [-0.4, -0.2) is 18.9 Å². The molecule has 2 rings (SSSR count). The van der Waals surface area contributed by atoms with Crippen LogP contribution in [0.25, 0.3) is 0 Å². The minimum Gasteiger partial charge on any atom is -0.345 e. The highest BCUT2D eigenvalue weighted by Gasteiger charge is 2.21. The van der Waals surface area contributed by atoms with Crippen molar-refractivity contribution in [3.8, 4) is 0 Å². The molecule has 6 nitrogen and oxygen atoms in total. The normalized spacial score (nSPS) is 11.5. The fraction of sp³-hybridized carbons (Fsp3) is 0.0833. The highest BCUT2D eigenvalue weighted by atomic mass is 79.9. The Morgan fingerprint density at radius 2 is 1.95 bits per heavy atom. The molecule has 1 heterocycles. The van der Waals surface area contributed by atoms with E-state index >= 15 is 0 Å². The van der Waals surface area contributed by atoms with Crippen LogP contribution in [0.5, 0.6) is 0 Å². The standard InChI is InChI=1S/C12H10BrF2N3O3S/c1-18-6-7(13)4-10(18)12(19)16-17-22(20,21)11-3-2-8(14)5-9(11)15/h2-6,17H,1H3,(H,16,19). The van der Waals surface area contributed by atoms with Crippen molar-refractivity contribution in [3.05, 3.63) is 52.3 Å². The summed E-state index contributed by atoms with van der Waals surface area (Å²) in [7, 11) is -2.77. The molecule has 2 N–H and O–H groups in total. The molecule has 0 aliphatic rings. The van der Waals surface area contributed by atoms with Gasteiger partial charge in [-0.2, -0.15) is 0 Å². The fourth-order valence-electron chi connectivity index (χ4n) is 1.68. The summed E-state index contributed by atoms with van der Waals surface area (Å²) in [5.74, 6) is -2.91. The minimum absolute atomic E-state index is 0.175. The average Bonchev–Trinajstić information content (AvgIpc) is 2.74. The van der Waals surface area contributed by atoms with E-state index in [1.54, 1.807) is 18.1 Å². The molecule has 0 unspecified atom stereocenters. The van der Waals surface area contributed by atoms with Crippen molar-refractivity contribution in [2.75, 3.05) is 0 Å². The molecule has 10 heteroatoms. The molecule has 0 spiro atoms. The van der Waals surface area contributed by atoms with Crippen LogP contribution in [0.15, 0.2) is 39.8 Å². The van der Waals surface area contributed by atoms with Gasteiger partial charge >= 0.3 is 0 Å². The predicted molar refractivity (Wildman–Crippen MR) is 77.3 cm³/mol. The molecule has 1 amide bonds. The van der Waals surface area contributed by atoms with Gasteiger partial charge in [-0.05, 0) is 34.1 Å². The molecular formula is C12H10BrF2N3O3S. The summed E-state index contributed by atoms with van der Waals surface area (Å²) in [6, 6.07) is 3.47. The molecule has 0 fully saturated rings. The third-order valence-corrected chi connectivity index (χ3v) is 4.40. The molecule has 0 saturated carbocycles. The number of nitrogens with zero attached hydrogens (tertiary/aromatic N) is 1. The molecule has 0 aliphatic heterocycles.